The second-order valence-corrected chi connectivity index (χ2v) is 25.8. The van der Waals surface area contributed by atoms with Gasteiger partial charge in [-0.1, -0.05) is 160 Å². The van der Waals surface area contributed by atoms with E-state index in [2.05, 4.69) is 227 Å². The standard InChI is InChI=1S/C66H60BN2S/c1-62(2,3)36-20-22-37(23-21-36)68-55-33-50-42(43-30-52-53(32-49(43)66(50,10)11)64(6,7)27-26-63(52,4)5)28-45(55)40-24-25-41-46-29-47-39-17-13-15-19-58(39)70-59(47)35-56(46)69-57-34-51-44(31-54(57)67-60(40)61(41)69)38-16-12-14-18-48(38)65(51,8)9/h12-25,28-35,68H,26-27H2,1-11H3. The van der Waals surface area contributed by atoms with Crippen LogP contribution in [0.25, 0.3) is 81.0 Å². The van der Waals surface area contributed by atoms with E-state index in [-0.39, 0.29) is 27.1 Å². The largest absolute Gasteiger partial charge is 0.355 e. The Balaban J connectivity index is 1.06. The van der Waals surface area contributed by atoms with Crippen LogP contribution < -0.4 is 16.2 Å². The summed E-state index contributed by atoms with van der Waals surface area (Å²) in [7, 11) is 2.53. The lowest BCUT2D eigenvalue weighted by atomic mass is 9.58. The van der Waals surface area contributed by atoms with E-state index in [1.165, 1.54) is 144 Å². The first kappa shape index (κ1) is 42.5. The summed E-state index contributed by atoms with van der Waals surface area (Å²) < 4.78 is 5.31. The third kappa shape index (κ3) is 5.69. The van der Waals surface area contributed by atoms with E-state index in [9.17, 15) is 0 Å². The molecule has 0 unspecified atom stereocenters. The summed E-state index contributed by atoms with van der Waals surface area (Å²) in [5, 5.41) is 9.35. The molecule has 0 fully saturated rings. The SMILES string of the molecule is CC(C)(C)c1ccc(Nc2cc3c(cc2-c2ccc4c5cc6c(cc5n5c4c2[B]c2cc4c(cc2-5)C(C)(C)c2ccccc2-4)sc2ccccc26)-c2cc4c(cc2C3(C)C)C(C)(C)CCC4(C)C)cc1. The minimum absolute atomic E-state index is 0.0676. The van der Waals surface area contributed by atoms with Gasteiger partial charge in [0.25, 0.3) is 0 Å². The van der Waals surface area contributed by atoms with Crippen molar-refractivity contribution < 1.29 is 0 Å². The molecule has 1 N–H and O–H groups in total. The minimum Gasteiger partial charge on any atom is -0.355 e. The average Bonchev–Trinajstić information content (AvgIpc) is 3.99. The molecule has 8 aromatic carbocycles. The van der Waals surface area contributed by atoms with Crippen LogP contribution in [0.4, 0.5) is 11.4 Å². The zero-order valence-electron chi connectivity index (χ0n) is 42.5. The Morgan fingerprint density at radius 1 is 0.500 bits per heavy atom. The molecule has 4 aliphatic rings. The van der Waals surface area contributed by atoms with E-state index >= 15 is 0 Å². The monoisotopic (exact) mass is 923 g/mol. The summed E-state index contributed by atoms with van der Waals surface area (Å²) in [5.41, 5.74) is 26.6. The number of nitrogens with zero attached hydrogens (tertiary/aromatic N) is 1. The lowest BCUT2D eigenvalue weighted by Gasteiger charge is -2.42. The maximum absolute atomic E-state index is 4.07. The number of rotatable bonds is 3. The summed E-state index contributed by atoms with van der Waals surface area (Å²) in [6.07, 6.45) is 2.40. The normalized spacial score (nSPS) is 17.2. The zero-order chi connectivity index (χ0) is 48.2. The molecule has 0 atom stereocenters. The molecule has 0 saturated carbocycles. The molecule has 2 aromatic heterocycles. The molecule has 70 heavy (non-hydrogen) atoms. The summed E-state index contributed by atoms with van der Waals surface area (Å²) in [4.78, 5) is 0. The second-order valence-electron chi connectivity index (χ2n) is 24.7. The molecule has 0 saturated heterocycles. The van der Waals surface area contributed by atoms with Crippen molar-refractivity contribution in [1.82, 2.24) is 4.57 Å². The number of hydrogen-bond acceptors (Lipinski definition) is 2. The lowest BCUT2D eigenvalue weighted by Crippen LogP contribution is -2.37. The molecule has 1 aliphatic heterocycles. The molecule has 0 amide bonds. The number of fused-ring (bicyclic) bond motifs is 15. The Morgan fingerprint density at radius 3 is 1.93 bits per heavy atom. The van der Waals surface area contributed by atoms with Gasteiger partial charge in [-0.05, 0) is 156 Å². The highest BCUT2D eigenvalue weighted by atomic mass is 32.1. The van der Waals surface area contributed by atoms with Crippen molar-refractivity contribution in [2.45, 2.75) is 116 Å². The van der Waals surface area contributed by atoms with Gasteiger partial charge in [-0.3, -0.25) is 0 Å². The predicted molar refractivity (Wildman–Crippen MR) is 303 cm³/mol. The van der Waals surface area contributed by atoms with Crippen LogP contribution in [-0.2, 0) is 27.1 Å². The Morgan fingerprint density at radius 2 is 1.16 bits per heavy atom. The first-order chi connectivity index (χ1) is 33.3. The summed E-state index contributed by atoms with van der Waals surface area (Å²) in [6.45, 7) is 26.5. The second kappa shape index (κ2) is 13.7. The highest BCUT2D eigenvalue weighted by Crippen LogP contribution is 2.57. The molecule has 4 heteroatoms. The van der Waals surface area contributed by atoms with E-state index in [1.54, 1.807) is 0 Å². The van der Waals surface area contributed by atoms with Crippen molar-refractivity contribution >= 4 is 82.9 Å². The number of aromatic nitrogens is 1. The van der Waals surface area contributed by atoms with Crippen LogP contribution in [0.15, 0.2) is 133 Å². The van der Waals surface area contributed by atoms with Crippen molar-refractivity contribution in [1.29, 1.82) is 0 Å². The Hall–Kier alpha value is -6.36. The summed E-state index contributed by atoms with van der Waals surface area (Å²) >= 11 is 1.91. The fourth-order valence-electron chi connectivity index (χ4n) is 13.6. The Labute approximate surface area is 418 Å². The predicted octanol–water partition coefficient (Wildman–Crippen LogP) is 16.8. The maximum atomic E-state index is 4.07. The lowest BCUT2D eigenvalue weighted by molar-refractivity contribution is 0.331. The van der Waals surface area contributed by atoms with Gasteiger partial charge >= 0.3 is 0 Å². The van der Waals surface area contributed by atoms with Crippen LogP contribution in [0.2, 0.25) is 0 Å². The van der Waals surface area contributed by atoms with Gasteiger partial charge in [-0.2, -0.15) is 0 Å². The van der Waals surface area contributed by atoms with Crippen molar-refractivity contribution in [3.05, 3.63) is 172 Å². The van der Waals surface area contributed by atoms with Gasteiger partial charge in [0.2, 0.25) is 0 Å². The van der Waals surface area contributed by atoms with Gasteiger partial charge < -0.3 is 9.88 Å². The zero-order valence-corrected chi connectivity index (χ0v) is 43.4. The number of thiophene rings is 1. The van der Waals surface area contributed by atoms with Crippen LogP contribution in [-0.4, -0.2) is 11.8 Å². The van der Waals surface area contributed by atoms with Crippen LogP contribution in [0.3, 0.4) is 0 Å². The molecular formula is C66H60BN2S. The van der Waals surface area contributed by atoms with E-state index in [1.807, 2.05) is 11.3 Å². The van der Waals surface area contributed by atoms with Gasteiger partial charge in [0, 0.05) is 69.9 Å². The first-order valence-corrected chi connectivity index (χ1v) is 26.4. The van der Waals surface area contributed by atoms with Crippen LogP contribution in [0.5, 0.6) is 0 Å². The number of nitrogens with one attached hydrogen (secondary N) is 1. The van der Waals surface area contributed by atoms with Gasteiger partial charge in [0.05, 0.1) is 5.52 Å². The third-order valence-corrected chi connectivity index (χ3v) is 19.0. The number of anilines is 2. The molecule has 3 aliphatic carbocycles. The molecule has 0 spiro atoms. The summed E-state index contributed by atoms with van der Waals surface area (Å²) in [6, 6.07) is 52.4. The number of hydrogen-bond donors (Lipinski definition) is 1. The van der Waals surface area contributed by atoms with E-state index in [4.69, 9.17) is 0 Å². The van der Waals surface area contributed by atoms with E-state index in [0.29, 0.717) is 0 Å². The summed E-state index contributed by atoms with van der Waals surface area (Å²) in [5.74, 6) is 0. The van der Waals surface area contributed by atoms with Crippen molar-refractivity contribution in [2.24, 2.45) is 0 Å². The molecule has 1 radical (unpaired) electrons. The fourth-order valence-corrected chi connectivity index (χ4v) is 14.7. The molecule has 10 aromatic rings. The van der Waals surface area contributed by atoms with Gasteiger partial charge in [-0.25, -0.2) is 0 Å². The topological polar surface area (TPSA) is 17.0 Å². The average molecular weight is 924 g/mol. The van der Waals surface area contributed by atoms with Gasteiger partial charge in [0.15, 0.2) is 7.28 Å². The van der Waals surface area contributed by atoms with Crippen molar-refractivity contribution in [2.75, 3.05) is 5.32 Å². The van der Waals surface area contributed by atoms with Gasteiger partial charge in [0.1, 0.15) is 0 Å². The third-order valence-electron chi connectivity index (χ3n) is 17.8. The van der Waals surface area contributed by atoms with Crippen LogP contribution >= 0.6 is 11.3 Å². The molecule has 343 valence electrons. The van der Waals surface area contributed by atoms with Crippen LogP contribution in [0.1, 0.15) is 128 Å². The maximum Gasteiger partial charge on any atom is 0.197 e. The highest BCUT2D eigenvalue weighted by molar-refractivity contribution is 7.25. The molecule has 14 rings (SSSR count). The van der Waals surface area contributed by atoms with E-state index in [0.717, 1.165) is 11.4 Å². The number of benzene rings is 8. The van der Waals surface area contributed by atoms with Gasteiger partial charge in [-0.15, -0.1) is 11.3 Å². The molecular weight excluding hydrogens is 864 g/mol. The fraction of sp³-hybridized carbons (Fsp3) is 0.273. The highest BCUT2D eigenvalue weighted by Gasteiger charge is 2.44. The Bertz CT molecular complexity index is 3970. The molecule has 0 bridgehead atoms. The first-order valence-electron chi connectivity index (χ1n) is 25.6. The molecule has 2 nitrogen and oxygen atoms in total. The quantitative estimate of drug-likeness (QED) is 0.175. The van der Waals surface area contributed by atoms with Crippen molar-refractivity contribution in [3.8, 4) is 39.1 Å². The molecule has 3 heterocycles. The van der Waals surface area contributed by atoms with E-state index < -0.39 is 0 Å². The Kier molecular flexibility index (Phi) is 8.34. The van der Waals surface area contributed by atoms with Crippen LogP contribution in [0, 0.1) is 0 Å². The minimum atomic E-state index is -0.181. The van der Waals surface area contributed by atoms with Crippen molar-refractivity contribution in [3.63, 3.8) is 0 Å². The smallest absolute Gasteiger partial charge is 0.197 e.